The highest BCUT2D eigenvalue weighted by atomic mass is 19.4. The molecule has 0 unspecified atom stereocenters. The number of amides is 1. The molecular formula is C19H19F3N2O2. The van der Waals surface area contributed by atoms with E-state index in [1.165, 1.54) is 12.1 Å². The Morgan fingerprint density at radius 2 is 1.88 bits per heavy atom. The van der Waals surface area contributed by atoms with Gasteiger partial charge in [-0.3, -0.25) is 4.79 Å². The molecule has 0 spiro atoms. The third kappa shape index (κ3) is 5.91. The number of halogens is 3. The number of ether oxygens (including phenoxy) is 1. The van der Waals surface area contributed by atoms with E-state index in [4.69, 9.17) is 4.74 Å². The first-order valence-electron chi connectivity index (χ1n) is 7.97. The first-order chi connectivity index (χ1) is 12.3. The molecule has 0 radical (unpaired) electrons. The fraction of sp³-hybridized carbons (Fsp3) is 0.263. The van der Waals surface area contributed by atoms with Gasteiger partial charge < -0.3 is 4.74 Å². The number of rotatable bonds is 6. The van der Waals surface area contributed by atoms with Crippen LogP contribution in [0, 0.1) is 0 Å². The molecule has 1 amide bonds. The summed E-state index contributed by atoms with van der Waals surface area (Å²) in [6.07, 6.45) is -3.28. The van der Waals surface area contributed by atoms with Crippen LogP contribution in [0.15, 0.2) is 53.6 Å². The molecule has 4 nitrogen and oxygen atoms in total. The Labute approximate surface area is 149 Å². The lowest BCUT2D eigenvalue weighted by molar-refractivity contribution is -0.137. The van der Waals surface area contributed by atoms with Gasteiger partial charge in [-0.1, -0.05) is 38.1 Å². The second kappa shape index (κ2) is 8.51. The van der Waals surface area contributed by atoms with E-state index in [0.29, 0.717) is 11.7 Å². The number of nitrogens with one attached hydrogen (secondary N) is 1. The number of hydrogen-bond donors (Lipinski definition) is 1. The zero-order chi connectivity index (χ0) is 19.2. The largest absolute Gasteiger partial charge is 0.484 e. The molecule has 0 atom stereocenters. The van der Waals surface area contributed by atoms with Crippen LogP contribution in [-0.2, 0) is 11.0 Å². The minimum atomic E-state index is -4.42. The Hall–Kier alpha value is -2.83. The van der Waals surface area contributed by atoms with E-state index in [2.05, 4.69) is 24.4 Å². The number of nitrogens with zero attached hydrogens (tertiary/aromatic N) is 1. The van der Waals surface area contributed by atoms with E-state index in [9.17, 15) is 18.0 Å². The van der Waals surface area contributed by atoms with E-state index in [-0.39, 0.29) is 12.2 Å². The van der Waals surface area contributed by atoms with E-state index >= 15 is 0 Å². The first kappa shape index (κ1) is 19.5. The van der Waals surface area contributed by atoms with Crippen molar-refractivity contribution < 1.29 is 22.7 Å². The number of hydrazone groups is 1. The summed E-state index contributed by atoms with van der Waals surface area (Å²) < 4.78 is 43.2. The highest BCUT2D eigenvalue weighted by Gasteiger charge is 2.30. The van der Waals surface area contributed by atoms with Crippen LogP contribution < -0.4 is 10.2 Å². The summed E-state index contributed by atoms with van der Waals surface area (Å²) in [6, 6.07) is 12.0. The summed E-state index contributed by atoms with van der Waals surface area (Å²) in [5.74, 6) is 0.435. The average Bonchev–Trinajstić information content (AvgIpc) is 2.60. The van der Waals surface area contributed by atoms with Crippen molar-refractivity contribution in [2.45, 2.75) is 25.9 Å². The lowest BCUT2D eigenvalue weighted by atomic mass is 10.0. The van der Waals surface area contributed by atoms with E-state index < -0.39 is 17.6 Å². The van der Waals surface area contributed by atoms with Crippen molar-refractivity contribution in [2.75, 3.05) is 6.61 Å². The van der Waals surface area contributed by atoms with Crippen LogP contribution >= 0.6 is 0 Å². The molecule has 0 heterocycles. The Bertz CT molecular complexity index is 769. The van der Waals surface area contributed by atoms with Gasteiger partial charge in [0.2, 0.25) is 0 Å². The zero-order valence-corrected chi connectivity index (χ0v) is 14.4. The first-order valence-corrected chi connectivity index (χ1v) is 7.97. The lowest BCUT2D eigenvalue weighted by Crippen LogP contribution is -2.24. The summed E-state index contributed by atoms with van der Waals surface area (Å²) in [5.41, 5.74) is 2.82. The fourth-order valence-corrected chi connectivity index (χ4v) is 2.10. The number of carbonyl (C=O) groups is 1. The summed E-state index contributed by atoms with van der Waals surface area (Å²) in [6.45, 7) is 3.90. The minimum Gasteiger partial charge on any atom is -0.484 e. The Morgan fingerprint density at radius 1 is 1.19 bits per heavy atom. The van der Waals surface area contributed by atoms with Gasteiger partial charge in [0, 0.05) is 0 Å². The molecule has 0 saturated heterocycles. The van der Waals surface area contributed by atoms with Gasteiger partial charge in [-0.15, -0.1) is 0 Å². The van der Waals surface area contributed by atoms with Crippen molar-refractivity contribution in [2.24, 2.45) is 5.10 Å². The summed E-state index contributed by atoms with van der Waals surface area (Å²) in [4.78, 5) is 11.7. The van der Waals surface area contributed by atoms with Crippen LogP contribution in [0.5, 0.6) is 5.75 Å². The standard InChI is InChI=1S/C19H19F3N2O2/c1-13(2)15-6-8-17(9-7-15)26-12-18(25)24-23-11-14-4-3-5-16(10-14)19(20,21)22/h3-11,13H,12H2,1-2H3,(H,24,25)/b23-11+. The number of carbonyl (C=O) groups excluding carboxylic acids is 1. The van der Waals surface area contributed by atoms with Gasteiger partial charge in [0.25, 0.3) is 5.91 Å². The molecule has 2 rings (SSSR count). The molecule has 2 aromatic carbocycles. The summed E-state index contributed by atoms with van der Waals surface area (Å²) in [7, 11) is 0. The van der Waals surface area contributed by atoms with Crippen LogP contribution in [0.4, 0.5) is 13.2 Å². The highest BCUT2D eigenvalue weighted by Crippen LogP contribution is 2.29. The normalized spacial score (nSPS) is 11.8. The van der Waals surface area contributed by atoms with Crippen molar-refractivity contribution in [3.63, 3.8) is 0 Å². The number of hydrogen-bond acceptors (Lipinski definition) is 3. The predicted molar refractivity (Wildman–Crippen MR) is 93.2 cm³/mol. The second-order valence-electron chi connectivity index (χ2n) is 5.93. The molecule has 0 aliphatic rings. The van der Waals surface area contributed by atoms with Crippen LogP contribution in [-0.4, -0.2) is 18.7 Å². The molecule has 138 valence electrons. The molecule has 1 N–H and O–H groups in total. The molecule has 0 aliphatic carbocycles. The van der Waals surface area contributed by atoms with E-state index in [1.54, 1.807) is 12.1 Å². The van der Waals surface area contributed by atoms with E-state index in [0.717, 1.165) is 23.9 Å². The molecular weight excluding hydrogens is 345 g/mol. The fourth-order valence-electron chi connectivity index (χ4n) is 2.10. The molecule has 2 aromatic rings. The maximum Gasteiger partial charge on any atom is 0.416 e. The minimum absolute atomic E-state index is 0.227. The maximum atomic E-state index is 12.6. The quantitative estimate of drug-likeness (QED) is 0.612. The Kier molecular flexibility index (Phi) is 6.38. The lowest BCUT2D eigenvalue weighted by Gasteiger charge is -2.08. The molecule has 7 heteroatoms. The van der Waals surface area contributed by atoms with Gasteiger partial charge >= 0.3 is 6.18 Å². The average molecular weight is 364 g/mol. The monoisotopic (exact) mass is 364 g/mol. The van der Waals surface area contributed by atoms with Crippen molar-refractivity contribution in [1.29, 1.82) is 0 Å². The summed E-state index contributed by atoms with van der Waals surface area (Å²) in [5, 5.41) is 3.64. The van der Waals surface area contributed by atoms with Crippen LogP contribution in [0.1, 0.15) is 36.5 Å². The van der Waals surface area contributed by atoms with Crippen molar-refractivity contribution in [3.8, 4) is 5.75 Å². The molecule has 0 aromatic heterocycles. The van der Waals surface area contributed by atoms with Crippen LogP contribution in [0.25, 0.3) is 0 Å². The Balaban J connectivity index is 1.84. The van der Waals surface area contributed by atoms with Gasteiger partial charge in [0.05, 0.1) is 11.8 Å². The third-order valence-corrected chi connectivity index (χ3v) is 3.53. The van der Waals surface area contributed by atoms with Crippen molar-refractivity contribution in [3.05, 3.63) is 65.2 Å². The second-order valence-corrected chi connectivity index (χ2v) is 5.93. The van der Waals surface area contributed by atoms with Gasteiger partial charge in [-0.2, -0.15) is 18.3 Å². The van der Waals surface area contributed by atoms with Crippen LogP contribution in [0.2, 0.25) is 0 Å². The van der Waals surface area contributed by atoms with Crippen molar-refractivity contribution in [1.82, 2.24) is 5.43 Å². The highest BCUT2D eigenvalue weighted by molar-refractivity contribution is 5.83. The van der Waals surface area contributed by atoms with E-state index in [1.807, 2.05) is 12.1 Å². The molecule has 26 heavy (non-hydrogen) atoms. The topological polar surface area (TPSA) is 50.7 Å². The predicted octanol–water partition coefficient (Wildman–Crippen LogP) is 4.36. The molecule has 0 fully saturated rings. The molecule has 0 bridgehead atoms. The molecule has 0 saturated carbocycles. The maximum absolute atomic E-state index is 12.6. The van der Waals surface area contributed by atoms with Gasteiger partial charge in [-0.25, -0.2) is 5.43 Å². The van der Waals surface area contributed by atoms with Crippen molar-refractivity contribution >= 4 is 12.1 Å². The smallest absolute Gasteiger partial charge is 0.416 e. The van der Waals surface area contributed by atoms with Gasteiger partial charge in [0.1, 0.15) is 5.75 Å². The number of benzene rings is 2. The van der Waals surface area contributed by atoms with Gasteiger partial charge in [-0.05, 0) is 41.3 Å². The summed E-state index contributed by atoms with van der Waals surface area (Å²) >= 11 is 0. The van der Waals surface area contributed by atoms with Gasteiger partial charge in [0.15, 0.2) is 6.61 Å². The third-order valence-electron chi connectivity index (χ3n) is 3.53. The zero-order valence-electron chi connectivity index (χ0n) is 14.4. The molecule has 0 aliphatic heterocycles. The Morgan fingerprint density at radius 3 is 2.50 bits per heavy atom. The number of alkyl halides is 3. The SMILES string of the molecule is CC(C)c1ccc(OCC(=O)N/N=C/c2cccc(C(F)(F)F)c2)cc1. The van der Waals surface area contributed by atoms with Crippen LogP contribution in [0.3, 0.4) is 0 Å².